The summed E-state index contributed by atoms with van der Waals surface area (Å²) < 4.78 is 0. The van der Waals surface area contributed by atoms with E-state index in [0.717, 1.165) is 4.90 Å². The third-order valence-corrected chi connectivity index (χ3v) is 17.9. The highest BCUT2D eigenvalue weighted by Crippen LogP contribution is 2.28. The van der Waals surface area contributed by atoms with Crippen molar-refractivity contribution in [3.05, 3.63) is 29.8 Å². The Morgan fingerprint density at radius 3 is 1.53 bits per heavy atom. The van der Waals surface area contributed by atoms with Crippen molar-refractivity contribution in [1.82, 2.24) is 56.8 Å². The summed E-state index contributed by atoms with van der Waals surface area (Å²) in [5.74, 6) is -10.7. The molecule has 4 aliphatic rings. The average molecular weight is 1340 g/mol. The number of likely N-dealkylation sites (tertiary alicyclic amines) is 4. The third-order valence-electron chi connectivity index (χ3n) is 17.9. The zero-order valence-electron chi connectivity index (χ0n) is 56.1. The van der Waals surface area contributed by atoms with Gasteiger partial charge in [0.2, 0.25) is 65.0 Å². The van der Waals surface area contributed by atoms with E-state index in [1.54, 1.807) is 39.8 Å². The number of aromatic hydroxyl groups is 1. The smallest absolute Gasteiger partial charge is 0.326 e. The summed E-state index contributed by atoms with van der Waals surface area (Å²) in [6, 6.07) is -8.98. The highest BCUT2D eigenvalue weighted by Gasteiger charge is 2.46. The first kappa shape index (κ1) is 77.5. The van der Waals surface area contributed by atoms with Gasteiger partial charge in [-0.2, -0.15) is 0 Å². The Bertz CT molecular complexity index is 2890. The lowest BCUT2D eigenvalue weighted by Gasteiger charge is -2.33. The standard InChI is InChI=1S/C64H103N15O16/c1-9-37(8)51(75-52(83)40(65)29-34(2)3)58(89)72-44(32-80)54(85)73-45(33-81)61(92)77-26-11-16-46(77)55(86)69-41(15-10-24-68-64(66)67)59(90)76-25-12-17-47(76)56(87)74-50(36(6)7)57(88)70-42(30-35(4)5)53(84)71-43(31-38-20-22-39(82)23-21-38)60(91)78-27-13-18-48(78)62(93)79-28-14-19-49(79)63(94)95/h20-23,34-37,40-51,80-82H,9-19,24-33,65H2,1-8H3,(H,69,86)(H,70,88)(H,71,84)(H,72,89)(H,73,85)(H,74,87)(H,75,83)(H,94,95)(H4,66,67,68)/t37-,40-,41-,42-,43-,44-,45-,46-,47-,48-,49-,50-,51-/m0/s1. The number of carboxylic acid groups (broad SMARTS) is 1. The first-order valence-electron chi connectivity index (χ1n) is 33.3. The molecule has 13 atom stereocenters. The minimum absolute atomic E-state index is 0.00862. The quantitative estimate of drug-likeness (QED) is 0.0193. The number of nitrogens with zero attached hydrogens (tertiary/aromatic N) is 5. The number of aliphatic hydroxyl groups is 2. The number of nitrogens with two attached hydrogens (primary N) is 3. The second-order valence-electron chi connectivity index (χ2n) is 26.6. The zero-order valence-corrected chi connectivity index (χ0v) is 56.1. The van der Waals surface area contributed by atoms with Gasteiger partial charge < -0.3 is 94.4 Å². The zero-order chi connectivity index (χ0) is 70.5. The fourth-order valence-electron chi connectivity index (χ4n) is 12.6. The summed E-state index contributed by atoms with van der Waals surface area (Å²) in [6.07, 6.45) is 3.22. The lowest BCUT2D eigenvalue weighted by molar-refractivity contribution is -0.152. The second-order valence-corrected chi connectivity index (χ2v) is 26.6. The molecule has 31 nitrogen and oxygen atoms in total. The van der Waals surface area contributed by atoms with Crippen molar-refractivity contribution in [1.29, 1.82) is 0 Å². The van der Waals surface area contributed by atoms with E-state index in [9.17, 15) is 78.0 Å². The number of aliphatic hydroxyl groups excluding tert-OH is 2. The van der Waals surface area contributed by atoms with Crippen LogP contribution in [-0.4, -0.2) is 235 Å². The maximum atomic E-state index is 14.8. The normalized spacial score (nSPS) is 20.7. The Kier molecular flexibility index (Phi) is 29.9. The van der Waals surface area contributed by atoms with Gasteiger partial charge in [-0.25, -0.2) is 4.79 Å². The molecule has 5 rings (SSSR count). The molecule has 17 N–H and O–H groups in total. The molecule has 0 radical (unpaired) electrons. The molecule has 11 amide bonds. The van der Waals surface area contributed by atoms with E-state index in [-0.39, 0.29) is 108 Å². The lowest BCUT2D eigenvalue weighted by Crippen LogP contribution is -2.61. The van der Waals surface area contributed by atoms with Gasteiger partial charge in [0.05, 0.1) is 19.3 Å². The molecule has 0 aromatic heterocycles. The molecule has 530 valence electrons. The van der Waals surface area contributed by atoms with Crippen LogP contribution in [0.15, 0.2) is 29.3 Å². The van der Waals surface area contributed by atoms with E-state index in [4.69, 9.17) is 17.2 Å². The van der Waals surface area contributed by atoms with Crippen LogP contribution >= 0.6 is 0 Å². The number of phenols is 1. The number of carboxylic acids is 1. The topological polar surface area (TPSA) is 473 Å². The highest BCUT2D eigenvalue weighted by molar-refractivity contribution is 6.00. The number of guanidine groups is 1. The van der Waals surface area contributed by atoms with Gasteiger partial charge in [-0.05, 0) is 118 Å². The predicted molar refractivity (Wildman–Crippen MR) is 347 cm³/mol. The van der Waals surface area contributed by atoms with Crippen molar-refractivity contribution < 1.29 is 78.0 Å². The van der Waals surface area contributed by atoms with Gasteiger partial charge in [0.15, 0.2) is 5.96 Å². The summed E-state index contributed by atoms with van der Waals surface area (Å²) in [5.41, 5.74) is 17.8. The van der Waals surface area contributed by atoms with Crippen LogP contribution in [0.4, 0.5) is 0 Å². The lowest BCUT2D eigenvalue weighted by atomic mass is 9.96. The fourth-order valence-corrected chi connectivity index (χ4v) is 12.6. The van der Waals surface area contributed by atoms with E-state index in [2.05, 4.69) is 42.2 Å². The SMILES string of the molecule is CC[C@H](C)[C@H](NC(=O)[C@@H](N)CC(C)C)C(=O)N[C@@H](CO)C(=O)N[C@@H](CO)C(=O)N1CCC[C@H]1C(=O)N[C@@H](CCCN=C(N)N)C(=O)N1CCC[C@H]1C(=O)N[C@H](C(=O)N[C@@H](CC(C)C)C(=O)N[C@@H](Cc1ccc(O)cc1)C(=O)N1CCC[C@H]1C(=O)N1CCC[C@H]1C(=O)O)C(C)C. The number of carbonyl (C=O) groups is 12. The number of benzene rings is 1. The molecule has 0 saturated carbocycles. The molecule has 4 fully saturated rings. The van der Waals surface area contributed by atoms with E-state index >= 15 is 0 Å². The number of amides is 11. The summed E-state index contributed by atoms with van der Waals surface area (Å²) in [7, 11) is 0. The molecule has 0 bridgehead atoms. The van der Waals surface area contributed by atoms with Gasteiger partial charge in [-0.3, -0.25) is 57.7 Å². The summed E-state index contributed by atoms with van der Waals surface area (Å²) in [4.78, 5) is 177. The minimum Gasteiger partial charge on any atom is -0.508 e. The Hall–Kier alpha value is -8.19. The Labute approximate surface area is 554 Å². The first-order valence-corrected chi connectivity index (χ1v) is 33.3. The van der Waals surface area contributed by atoms with E-state index in [0.29, 0.717) is 44.1 Å². The van der Waals surface area contributed by atoms with Crippen LogP contribution < -0.4 is 54.4 Å². The number of rotatable bonds is 34. The van der Waals surface area contributed by atoms with E-state index in [1.807, 2.05) is 27.7 Å². The molecule has 4 saturated heterocycles. The highest BCUT2D eigenvalue weighted by atomic mass is 16.4. The van der Waals surface area contributed by atoms with Crippen molar-refractivity contribution in [2.24, 2.45) is 45.9 Å². The molecule has 0 unspecified atom stereocenters. The van der Waals surface area contributed by atoms with Gasteiger partial charge in [-0.15, -0.1) is 0 Å². The number of phenolic OH excluding ortho intramolecular Hbond substituents is 1. The molecule has 0 spiro atoms. The average Bonchev–Trinajstić information content (AvgIpc) is 1.71. The second kappa shape index (κ2) is 36.6. The van der Waals surface area contributed by atoms with Gasteiger partial charge >= 0.3 is 5.97 Å². The Morgan fingerprint density at radius 2 is 1.00 bits per heavy atom. The third kappa shape index (κ3) is 21.7. The van der Waals surface area contributed by atoms with Crippen LogP contribution in [0.5, 0.6) is 5.75 Å². The maximum Gasteiger partial charge on any atom is 0.326 e. The van der Waals surface area contributed by atoms with Crippen LogP contribution in [0.1, 0.15) is 144 Å². The fraction of sp³-hybridized carbons (Fsp3) is 0.703. The van der Waals surface area contributed by atoms with Crippen LogP contribution in [0, 0.1) is 23.7 Å². The molecule has 95 heavy (non-hydrogen) atoms. The minimum atomic E-state index is -1.67. The summed E-state index contributed by atoms with van der Waals surface area (Å²) >= 11 is 0. The van der Waals surface area contributed by atoms with Crippen molar-refractivity contribution in [3.8, 4) is 5.75 Å². The molecular weight excluding hydrogens is 1230 g/mol. The van der Waals surface area contributed by atoms with Gasteiger partial charge in [-0.1, -0.05) is 73.9 Å². The van der Waals surface area contributed by atoms with Crippen molar-refractivity contribution in [2.75, 3.05) is 45.9 Å². The molecule has 0 aliphatic carbocycles. The first-order chi connectivity index (χ1) is 44.9. The van der Waals surface area contributed by atoms with Crippen molar-refractivity contribution in [2.45, 2.75) is 218 Å². The van der Waals surface area contributed by atoms with Gasteiger partial charge in [0.1, 0.15) is 72.2 Å². The summed E-state index contributed by atoms with van der Waals surface area (Å²) in [6.45, 7) is 12.8. The molecular formula is C64H103N15O16. The van der Waals surface area contributed by atoms with Crippen molar-refractivity contribution >= 4 is 76.9 Å². The van der Waals surface area contributed by atoms with E-state index in [1.165, 1.54) is 26.8 Å². The van der Waals surface area contributed by atoms with Crippen LogP contribution in [0.2, 0.25) is 0 Å². The molecule has 4 aliphatic heterocycles. The van der Waals surface area contributed by atoms with Crippen LogP contribution in [0.3, 0.4) is 0 Å². The summed E-state index contributed by atoms with van der Waals surface area (Å²) in [5, 5.41) is 59.3. The maximum absolute atomic E-state index is 14.8. The monoisotopic (exact) mass is 1340 g/mol. The van der Waals surface area contributed by atoms with Crippen LogP contribution in [0.25, 0.3) is 0 Å². The van der Waals surface area contributed by atoms with Crippen LogP contribution in [-0.2, 0) is 64.0 Å². The molecule has 4 heterocycles. The van der Waals surface area contributed by atoms with Gasteiger partial charge in [0, 0.05) is 39.1 Å². The molecule has 1 aromatic rings. The van der Waals surface area contributed by atoms with Gasteiger partial charge in [0.25, 0.3) is 0 Å². The number of aliphatic imine (C=N–C) groups is 1. The van der Waals surface area contributed by atoms with E-state index < -0.39 is 168 Å². The number of nitrogens with one attached hydrogen (secondary N) is 7. The largest absolute Gasteiger partial charge is 0.508 e. The number of carbonyl (C=O) groups excluding carboxylic acids is 11. The number of aliphatic carboxylic acids is 1. The Morgan fingerprint density at radius 1 is 0.537 bits per heavy atom. The number of hydrogen-bond donors (Lipinski definition) is 14. The van der Waals surface area contributed by atoms with Crippen molar-refractivity contribution in [3.63, 3.8) is 0 Å². The number of hydrogen-bond acceptors (Lipinski definition) is 17. The Balaban J connectivity index is 1.29. The molecule has 1 aromatic carbocycles. The predicted octanol–water partition coefficient (Wildman–Crippen LogP) is -2.46. The molecule has 31 heteroatoms.